The number of hydrogen-bond acceptors (Lipinski definition) is 2. The van der Waals surface area contributed by atoms with Crippen molar-refractivity contribution in [3.05, 3.63) is 28.8 Å². The quantitative estimate of drug-likeness (QED) is 0.836. The number of anilines is 1. The van der Waals surface area contributed by atoms with E-state index in [2.05, 4.69) is 5.32 Å². The normalized spacial score (nSPS) is 19.2. The Morgan fingerprint density at radius 1 is 1.17 bits per heavy atom. The number of nitrogens with zero attached hydrogens (tertiary/aromatic N) is 1. The maximum absolute atomic E-state index is 12.9. The standard InChI is InChI=1S/C16H16ClF3N2O2/c17-12-4-3-10(9-11(12)16(18,19)20)21-13(23)15(5-6-15)14(24)22-7-1-2-8-22/h3-4,9H,1-2,5-8H2,(H,21,23). The van der Waals surface area contributed by atoms with Crippen molar-refractivity contribution >= 4 is 29.1 Å². The van der Waals surface area contributed by atoms with E-state index in [-0.39, 0.29) is 11.6 Å². The van der Waals surface area contributed by atoms with Crippen LogP contribution in [0, 0.1) is 5.41 Å². The molecule has 2 aliphatic rings. The average Bonchev–Trinajstić information content (AvgIpc) is 3.15. The van der Waals surface area contributed by atoms with E-state index in [1.54, 1.807) is 4.90 Å². The molecule has 8 heteroatoms. The van der Waals surface area contributed by atoms with Crippen LogP contribution in [-0.2, 0) is 15.8 Å². The minimum atomic E-state index is -4.61. The molecule has 1 saturated carbocycles. The lowest BCUT2D eigenvalue weighted by Crippen LogP contribution is -2.41. The topological polar surface area (TPSA) is 49.4 Å². The largest absolute Gasteiger partial charge is 0.417 e. The highest BCUT2D eigenvalue weighted by atomic mass is 35.5. The first-order valence-corrected chi connectivity index (χ1v) is 8.09. The molecule has 1 saturated heterocycles. The summed E-state index contributed by atoms with van der Waals surface area (Å²) in [6.45, 7) is 1.26. The molecule has 0 unspecified atom stereocenters. The number of rotatable bonds is 3. The van der Waals surface area contributed by atoms with Crippen LogP contribution in [0.3, 0.4) is 0 Å². The predicted molar refractivity (Wildman–Crippen MR) is 82.6 cm³/mol. The maximum atomic E-state index is 12.9. The van der Waals surface area contributed by atoms with E-state index in [9.17, 15) is 22.8 Å². The summed E-state index contributed by atoms with van der Waals surface area (Å²) in [5, 5.41) is 2.01. The molecule has 0 spiro atoms. The van der Waals surface area contributed by atoms with Gasteiger partial charge in [0, 0.05) is 18.8 Å². The van der Waals surface area contributed by atoms with Crippen LogP contribution >= 0.6 is 11.6 Å². The van der Waals surface area contributed by atoms with E-state index in [0.717, 1.165) is 25.0 Å². The molecule has 2 fully saturated rings. The summed E-state index contributed by atoms with van der Waals surface area (Å²) >= 11 is 5.56. The summed E-state index contributed by atoms with van der Waals surface area (Å²) in [4.78, 5) is 26.6. The summed E-state index contributed by atoms with van der Waals surface area (Å²) in [6, 6.07) is 3.17. The number of nitrogens with one attached hydrogen (secondary N) is 1. The molecule has 1 N–H and O–H groups in total. The van der Waals surface area contributed by atoms with Gasteiger partial charge in [0.2, 0.25) is 11.8 Å². The lowest BCUT2D eigenvalue weighted by atomic mass is 10.0. The Balaban J connectivity index is 1.76. The number of hydrogen-bond donors (Lipinski definition) is 1. The molecule has 130 valence electrons. The molecule has 0 aromatic heterocycles. The lowest BCUT2D eigenvalue weighted by molar-refractivity contribution is -0.141. The second kappa shape index (κ2) is 5.95. The van der Waals surface area contributed by atoms with Gasteiger partial charge >= 0.3 is 6.18 Å². The highest BCUT2D eigenvalue weighted by molar-refractivity contribution is 6.31. The summed E-state index contributed by atoms with van der Waals surface area (Å²) < 4.78 is 38.7. The van der Waals surface area contributed by atoms with Gasteiger partial charge in [0.05, 0.1) is 10.6 Å². The van der Waals surface area contributed by atoms with Gasteiger partial charge in [-0.2, -0.15) is 13.2 Å². The SMILES string of the molecule is O=C(Nc1ccc(Cl)c(C(F)(F)F)c1)C1(C(=O)N2CCCC2)CC1. The molecular formula is C16H16ClF3N2O2. The van der Waals surface area contributed by atoms with Gasteiger partial charge in [-0.25, -0.2) is 0 Å². The Bertz CT molecular complexity index is 680. The average molecular weight is 361 g/mol. The van der Waals surface area contributed by atoms with Gasteiger partial charge in [-0.1, -0.05) is 11.6 Å². The van der Waals surface area contributed by atoms with Gasteiger partial charge in [0.25, 0.3) is 0 Å². The van der Waals surface area contributed by atoms with Crippen molar-refractivity contribution < 1.29 is 22.8 Å². The molecule has 1 aliphatic heterocycles. The second-order valence-electron chi connectivity index (χ2n) is 6.23. The van der Waals surface area contributed by atoms with Crippen molar-refractivity contribution in [2.75, 3.05) is 18.4 Å². The van der Waals surface area contributed by atoms with Crippen LogP contribution in [0.1, 0.15) is 31.2 Å². The summed E-state index contributed by atoms with van der Waals surface area (Å²) in [6.07, 6.45) is -1.94. The van der Waals surface area contributed by atoms with Crippen LogP contribution in [-0.4, -0.2) is 29.8 Å². The molecule has 0 radical (unpaired) electrons. The molecule has 1 heterocycles. The molecule has 3 rings (SSSR count). The van der Waals surface area contributed by atoms with Crippen LogP contribution < -0.4 is 5.32 Å². The van der Waals surface area contributed by atoms with E-state index in [1.807, 2.05) is 0 Å². The minimum Gasteiger partial charge on any atom is -0.342 e. The number of benzene rings is 1. The van der Waals surface area contributed by atoms with Crippen molar-refractivity contribution in [2.24, 2.45) is 5.41 Å². The van der Waals surface area contributed by atoms with Gasteiger partial charge in [-0.15, -0.1) is 0 Å². The number of carbonyl (C=O) groups is 2. The third kappa shape index (κ3) is 3.09. The number of likely N-dealkylation sites (tertiary alicyclic amines) is 1. The molecule has 0 bridgehead atoms. The monoisotopic (exact) mass is 360 g/mol. The fourth-order valence-corrected chi connectivity index (χ4v) is 3.18. The van der Waals surface area contributed by atoms with E-state index in [0.29, 0.717) is 25.9 Å². The van der Waals surface area contributed by atoms with Gasteiger partial charge in [-0.3, -0.25) is 9.59 Å². The minimum absolute atomic E-state index is 0.0165. The van der Waals surface area contributed by atoms with Gasteiger partial charge in [0.15, 0.2) is 0 Å². The Morgan fingerprint density at radius 2 is 1.79 bits per heavy atom. The third-order valence-corrected chi connectivity index (χ3v) is 4.85. The molecule has 24 heavy (non-hydrogen) atoms. The Labute approximate surface area is 142 Å². The van der Waals surface area contributed by atoms with Crippen LogP contribution in [0.15, 0.2) is 18.2 Å². The van der Waals surface area contributed by atoms with Crippen molar-refractivity contribution in [3.8, 4) is 0 Å². The smallest absolute Gasteiger partial charge is 0.342 e. The van der Waals surface area contributed by atoms with Crippen molar-refractivity contribution in [3.63, 3.8) is 0 Å². The number of amides is 2. The highest BCUT2D eigenvalue weighted by Gasteiger charge is 2.58. The third-order valence-electron chi connectivity index (χ3n) is 4.52. The molecule has 2 amide bonds. The fraction of sp³-hybridized carbons (Fsp3) is 0.500. The van der Waals surface area contributed by atoms with E-state index in [1.165, 1.54) is 6.07 Å². The van der Waals surface area contributed by atoms with Crippen LogP contribution in [0.2, 0.25) is 5.02 Å². The first kappa shape index (κ1) is 17.1. The van der Waals surface area contributed by atoms with Gasteiger partial charge in [-0.05, 0) is 43.9 Å². The number of carbonyl (C=O) groups excluding carboxylic acids is 2. The van der Waals surface area contributed by atoms with Crippen molar-refractivity contribution in [2.45, 2.75) is 31.9 Å². The first-order chi connectivity index (χ1) is 11.2. The Hall–Kier alpha value is -1.76. The summed E-state index contributed by atoms with van der Waals surface area (Å²) in [5.74, 6) is -0.766. The molecule has 4 nitrogen and oxygen atoms in total. The van der Waals surface area contributed by atoms with E-state index >= 15 is 0 Å². The lowest BCUT2D eigenvalue weighted by Gasteiger charge is -2.22. The summed E-state index contributed by atoms with van der Waals surface area (Å²) in [7, 11) is 0. The maximum Gasteiger partial charge on any atom is 0.417 e. The Kier molecular flexibility index (Phi) is 4.23. The molecular weight excluding hydrogens is 345 g/mol. The zero-order chi connectivity index (χ0) is 17.5. The number of alkyl halides is 3. The van der Waals surface area contributed by atoms with Crippen LogP contribution in [0.5, 0.6) is 0 Å². The molecule has 0 atom stereocenters. The number of halogens is 4. The zero-order valence-electron chi connectivity index (χ0n) is 12.8. The predicted octanol–water partition coefficient (Wildman–Crippen LogP) is 3.70. The molecule has 1 aromatic rings. The second-order valence-corrected chi connectivity index (χ2v) is 6.64. The van der Waals surface area contributed by atoms with Crippen LogP contribution in [0.25, 0.3) is 0 Å². The van der Waals surface area contributed by atoms with Gasteiger partial charge < -0.3 is 10.2 Å². The van der Waals surface area contributed by atoms with Crippen molar-refractivity contribution in [1.82, 2.24) is 4.90 Å². The first-order valence-electron chi connectivity index (χ1n) is 7.72. The highest BCUT2D eigenvalue weighted by Crippen LogP contribution is 2.48. The van der Waals surface area contributed by atoms with E-state index in [4.69, 9.17) is 11.6 Å². The van der Waals surface area contributed by atoms with Gasteiger partial charge in [0.1, 0.15) is 5.41 Å². The van der Waals surface area contributed by atoms with E-state index < -0.39 is 28.1 Å². The fourth-order valence-electron chi connectivity index (χ4n) is 2.96. The Morgan fingerprint density at radius 3 is 2.33 bits per heavy atom. The zero-order valence-corrected chi connectivity index (χ0v) is 13.5. The molecule has 1 aliphatic carbocycles. The summed E-state index contributed by atoms with van der Waals surface area (Å²) in [5.41, 5.74) is -2.16. The van der Waals surface area contributed by atoms with Crippen molar-refractivity contribution in [1.29, 1.82) is 0 Å². The van der Waals surface area contributed by atoms with Crippen LogP contribution in [0.4, 0.5) is 18.9 Å². The molecule has 1 aromatic carbocycles.